The second-order valence-corrected chi connectivity index (χ2v) is 3.85. The highest BCUT2D eigenvalue weighted by molar-refractivity contribution is 5.29. The Morgan fingerprint density at radius 2 is 2.41 bits per heavy atom. The van der Waals surface area contributed by atoms with Crippen molar-refractivity contribution in [3.8, 4) is 18.2 Å². The van der Waals surface area contributed by atoms with E-state index in [1.807, 2.05) is 12.1 Å². The van der Waals surface area contributed by atoms with Gasteiger partial charge >= 0.3 is 0 Å². The second kappa shape index (κ2) is 7.70. The molecule has 0 fully saturated rings. The normalized spacial score (nSPS) is 11.8. The molecule has 3 heteroatoms. The number of nitrogens with zero attached hydrogens (tertiary/aromatic N) is 1. The quantitative estimate of drug-likeness (QED) is 0.734. The number of pyridine rings is 1. The van der Waals surface area contributed by atoms with Crippen molar-refractivity contribution in [3.05, 3.63) is 23.9 Å². The van der Waals surface area contributed by atoms with Gasteiger partial charge in [0.25, 0.3) is 0 Å². The summed E-state index contributed by atoms with van der Waals surface area (Å²) in [6.07, 6.45) is 9.81. The van der Waals surface area contributed by atoms with E-state index in [1.165, 1.54) is 0 Å². The standard InChI is InChI=1S/C14H20N2O/c1-4-6-9-13(15-10-5-2)12-8-7-11-16-14(12)17-3/h1,7-8,11,13,15H,5-6,9-10H2,2-3H3. The number of rotatable bonds is 7. The summed E-state index contributed by atoms with van der Waals surface area (Å²) in [5, 5.41) is 3.48. The van der Waals surface area contributed by atoms with Gasteiger partial charge in [0.2, 0.25) is 5.88 Å². The zero-order valence-electron chi connectivity index (χ0n) is 10.6. The largest absolute Gasteiger partial charge is 0.481 e. The Hall–Kier alpha value is -1.53. The molecule has 0 saturated heterocycles. The van der Waals surface area contributed by atoms with Gasteiger partial charge in [-0.2, -0.15) is 0 Å². The average molecular weight is 232 g/mol. The van der Waals surface area contributed by atoms with Crippen LogP contribution in [0.5, 0.6) is 5.88 Å². The molecule has 1 heterocycles. The van der Waals surface area contributed by atoms with E-state index < -0.39 is 0 Å². The SMILES string of the molecule is C#CCCC(NCCC)c1cccnc1OC. The van der Waals surface area contributed by atoms with Crippen molar-refractivity contribution in [2.24, 2.45) is 0 Å². The molecule has 0 aliphatic heterocycles. The Morgan fingerprint density at radius 3 is 3.06 bits per heavy atom. The first-order valence-corrected chi connectivity index (χ1v) is 5.99. The van der Waals surface area contributed by atoms with Gasteiger partial charge in [-0.25, -0.2) is 4.98 Å². The number of hydrogen-bond donors (Lipinski definition) is 1. The highest BCUT2D eigenvalue weighted by Gasteiger charge is 2.15. The summed E-state index contributed by atoms with van der Waals surface area (Å²) >= 11 is 0. The predicted octanol–water partition coefficient (Wildman–Crippen LogP) is 2.54. The molecule has 92 valence electrons. The summed E-state index contributed by atoms with van der Waals surface area (Å²) in [7, 11) is 1.64. The lowest BCUT2D eigenvalue weighted by Gasteiger charge is -2.19. The molecule has 1 aromatic heterocycles. The molecule has 0 radical (unpaired) electrons. The van der Waals surface area contributed by atoms with E-state index in [0.29, 0.717) is 5.88 Å². The molecule has 17 heavy (non-hydrogen) atoms. The lowest BCUT2D eigenvalue weighted by atomic mass is 10.0. The molecule has 1 N–H and O–H groups in total. The van der Waals surface area contributed by atoms with Gasteiger partial charge in [-0.05, 0) is 25.5 Å². The molecule has 1 aromatic rings. The summed E-state index contributed by atoms with van der Waals surface area (Å²) in [4.78, 5) is 4.22. The van der Waals surface area contributed by atoms with Gasteiger partial charge in [-0.1, -0.05) is 13.0 Å². The first kappa shape index (κ1) is 13.5. The molecule has 0 aliphatic rings. The van der Waals surface area contributed by atoms with E-state index in [0.717, 1.165) is 31.4 Å². The van der Waals surface area contributed by atoms with Crippen molar-refractivity contribution < 1.29 is 4.74 Å². The van der Waals surface area contributed by atoms with Crippen LogP contribution in [-0.4, -0.2) is 18.6 Å². The first-order valence-electron chi connectivity index (χ1n) is 5.99. The Balaban J connectivity index is 2.83. The molecular formula is C14H20N2O. The maximum absolute atomic E-state index is 5.33. The highest BCUT2D eigenvalue weighted by atomic mass is 16.5. The highest BCUT2D eigenvalue weighted by Crippen LogP contribution is 2.25. The molecule has 0 saturated carbocycles. The van der Waals surface area contributed by atoms with Crippen LogP contribution in [0, 0.1) is 12.3 Å². The van der Waals surface area contributed by atoms with Crippen molar-refractivity contribution in [1.29, 1.82) is 0 Å². The van der Waals surface area contributed by atoms with Crippen molar-refractivity contribution in [3.63, 3.8) is 0 Å². The third kappa shape index (κ3) is 4.08. The van der Waals surface area contributed by atoms with Gasteiger partial charge in [-0.15, -0.1) is 12.3 Å². The fourth-order valence-electron chi connectivity index (χ4n) is 1.75. The second-order valence-electron chi connectivity index (χ2n) is 3.85. The van der Waals surface area contributed by atoms with Gasteiger partial charge in [0, 0.05) is 24.2 Å². The van der Waals surface area contributed by atoms with E-state index in [-0.39, 0.29) is 6.04 Å². The number of terminal acetylenes is 1. The van der Waals surface area contributed by atoms with Crippen molar-refractivity contribution >= 4 is 0 Å². The zero-order chi connectivity index (χ0) is 12.5. The van der Waals surface area contributed by atoms with Crippen molar-refractivity contribution in [2.75, 3.05) is 13.7 Å². The van der Waals surface area contributed by atoms with Crippen LogP contribution in [-0.2, 0) is 0 Å². The van der Waals surface area contributed by atoms with Gasteiger partial charge < -0.3 is 10.1 Å². The summed E-state index contributed by atoms with van der Waals surface area (Å²) in [5.74, 6) is 3.36. The first-order chi connectivity index (χ1) is 8.33. The van der Waals surface area contributed by atoms with Crippen molar-refractivity contribution in [2.45, 2.75) is 32.2 Å². The Kier molecular flexibility index (Phi) is 6.13. The monoisotopic (exact) mass is 232 g/mol. The zero-order valence-corrected chi connectivity index (χ0v) is 10.6. The van der Waals surface area contributed by atoms with Crippen LogP contribution < -0.4 is 10.1 Å². The van der Waals surface area contributed by atoms with Gasteiger partial charge in [-0.3, -0.25) is 0 Å². The fourth-order valence-corrected chi connectivity index (χ4v) is 1.75. The molecule has 0 spiro atoms. The smallest absolute Gasteiger partial charge is 0.217 e. The maximum Gasteiger partial charge on any atom is 0.217 e. The molecule has 3 nitrogen and oxygen atoms in total. The van der Waals surface area contributed by atoms with E-state index in [2.05, 4.69) is 23.1 Å². The molecule has 0 amide bonds. The minimum atomic E-state index is 0.217. The van der Waals surface area contributed by atoms with Crippen LogP contribution in [0.4, 0.5) is 0 Å². The predicted molar refractivity (Wildman–Crippen MR) is 69.9 cm³/mol. The lowest BCUT2D eigenvalue weighted by molar-refractivity contribution is 0.379. The molecule has 0 aromatic carbocycles. The molecule has 1 atom stereocenters. The van der Waals surface area contributed by atoms with E-state index in [9.17, 15) is 0 Å². The minimum absolute atomic E-state index is 0.217. The summed E-state index contributed by atoms with van der Waals surface area (Å²) in [6, 6.07) is 4.18. The maximum atomic E-state index is 5.33. The summed E-state index contributed by atoms with van der Waals surface area (Å²) in [6.45, 7) is 3.11. The van der Waals surface area contributed by atoms with Crippen LogP contribution >= 0.6 is 0 Å². The van der Waals surface area contributed by atoms with Crippen LogP contribution in [0.2, 0.25) is 0 Å². The van der Waals surface area contributed by atoms with E-state index in [1.54, 1.807) is 13.3 Å². The van der Waals surface area contributed by atoms with Gasteiger partial charge in [0.05, 0.1) is 7.11 Å². The topological polar surface area (TPSA) is 34.2 Å². The van der Waals surface area contributed by atoms with Crippen LogP contribution in [0.1, 0.15) is 37.8 Å². The molecule has 1 rings (SSSR count). The van der Waals surface area contributed by atoms with Gasteiger partial charge in [0.1, 0.15) is 0 Å². The third-order valence-electron chi connectivity index (χ3n) is 2.59. The Morgan fingerprint density at radius 1 is 1.59 bits per heavy atom. The lowest BCUT2D eigenvalue weighted by Crippen LogP contribution is -2.22. The van der Waals surface area contributed by atoms with E-state index in [4.69, 9.17) is 11.2 Å². The Labute approximate surface area is 104 Å². The number of methoxy groups -OCH3 is 1. The summed E-state index contributed by atoms with van der Waals surface area (Å²) < 4.78 is 5.28. The number of nitrogens with one attached hydrogen (secondary N) is 1. The van der Waals surface area contributed by atoms with Crippen LogP contribution in [0.3, 0.4) is 0 Å². The van der Waals surface area contributed by atoms with Gasteiger partial charge in [0.15, 0.2) is 0 Å². The molecular weight excluding hydrogens is 212 g/mol. The number of aromatic nitrogens is 1. The fraction of sp³-hybridized carbons (Fsp3) is 0.500. The van der Waals surface area contributed by atoms with Crippen LogP contribution in [0.15, 0.2) is 18.3 Å². The minimum Gasteiger partial charge on any atom is -0.481 e. The number of hydrogen-bond acceptors (Lipinski definition) is 3. The average Bonchev–Trinajstić information content (AvgIpc) is 2.39. The molecule has 1 unspecified atom stereocenters. The molecule has 0 aliphatic carbocycles. The third-order valence-corrected chi connectivity index (χ3v) is 2.59. The van der Waals surface area contributed by atoms with Crippen molar-refractivity contribution in [1.82, 2.24) is 10.3 Å². The molecule has 0 bridgehead atoms. The summed E-state index contributed by atoms with van der Waals surface area (Å²) in [5.41, 5.74) is 1.08. The van der Waals surface area contributed by atoms with E-state index >= 15 is 0 Å². The number of ether oxygens (including phenoxy) is 1. The Bertz CT molecular complexity index is 371. The van der Waals surface area contributed by atoms with Crippen LogP contribution in [0.25, 0.3) is 0 Å².